The molecule has 2 heterocycles. The maximum absolute atomic E-state index is 9.55. The lowest BCUT2D eigenvalue weighted by atomic mass is 9.90. The Balaban J connectivity index is 0.000000254. The number of phenolic OH excluding ortho intramolecular Hbond substituents is 1. The first-order chi connectivity index (χ1) is 10.5. The molecule has 22 heavy (non-hydrogen) atoms. The lowest BCUT2D eigenvalue weighted by Crippen LogP contribution is -2.26. The zero-order valence-electron chi connectivity index (χ0n) is 11.9. The van der Waals surface area contributed by atoms with E-state index in [1.54, 1.807) is 6.07 Å². The van der Waals surface area contributed by atoms with E-state index < -0.39 is 11.9 Å². The van der Waals surface area contributed by atoms with E-state index in [-0.39, 0.29) is 0 Å². The van der Waals surface area contributed by atoms with Crippen LogP contribution in [0.3, 0.4) is 0 Å². The molecular formula is C15H18N2O5. The van der Waals surface area contributed by atoms with Crippen LogP contribution in [0.5, 0.6) is 5.75 Å². The van der Waals surface area contributed by atoms with Crippen LogP contribution >= 0.6 is 0 Å². The van der Waals surface area contributed by atoms with Crippen molar-refractivity contribution in [3.63, 3.8) is 0 Å². The summed E-state index contributed by atoms with van der Waals surface area (Å²) in [6, 6.07) is 5.53. The Morgan fingerprint density at radius 2 is 1.73 bits per heavy atom. The molecule has 0 unspecified atom stereocenters. The van der Waals surface area contributed by atoms with E-state index in [1.165, 1.54) is 23.8 Å². The Hall–Kier alpha value is -2.54. The predicted octanol–water partition coefficient (Wildman–Crippen LogP) is 1.50. The zero-order chi connectivity index (χ0) is 16.1. The molecule has 1 aliphatic heterocycles. The summed E-state index contributed by atoms with van der Waals surface area (Å²) >= 11 is 0. The molecule has 1 aromatic heterocycles. The summed E-state index contributed by atoms with van der Waals surface area (Å²) in [4.78, 5) is 21.5. The highest BCUT2D eigenvalue weighted by Gasteiger charge is 2.18. The van der Waals surface area contributed by atoms with Gasteiger partial charge >= 0.3 is 11.9 Å². The molecule has 1 saturated heterocycles. The fourth-order valence-corrected chi connectivity index (χ4v) is 2.60. The van der Waals surface area contributed by atoms with Crippen molar-refractivity contribution in [1.29, 1.82) is 0 Å². The van der Waals surface area contributed by atoms with E-state index in [2.05, 4.69) is 16.5 Å². The van der Waals surface area contributed by atoms with Crippen LogP contribution in [0.15, 0.2) is 24.4 Å². The quantitative estimate of drug-likeness (QED) is 0.509. The number of carboxylic acids is 2. The van der Waals surface area contributed by atoms with E-state index >= 15 is 0 Å². The van der Waals surface area contributed by atoms with Gasteiger partial charge in [0.25, 0.3) is 0 Å². The molecule has 1 aromatic carbocycles. The molecule has 0 bridgehead atoms. The van der Waals surface area contributed by atoms with Crippen LogP contribution in [-0.4, -0.2) is 45.3 Å². The van der Waals surface area contributed by atoms with Gasteiger partial charge in [0.15, 0.2) is 0 Å². The first-order valence-electron chi connectivity index (χ1n) is 6.96. The van der Waals surface area contributed by atoms with Gasteiger partial charge in [-0.1, -0.05) is 0 Å². The second-order valence-electron chi connectivity index (χ2n) is 5.11. The number of carboxylic acid groups (broad SMARTS) is 2. The van der Waals surface area contributed by atoms with Gasteiger partial charge in [-0.3, -0.25) is 0 Å². The minimum Gasteiger partial charge on any atom is -0.508 e. The number of fused-ring (bicyclic) bond motifs is 1. The summed E-state index contributed by atoms with van der Waals surface area (Å²) in [5.74, 6) is -2.68. The SMILES string of the molecule is O=C(O)C(=O)O.Oc1ccc2[nH]cc(C3CCNCC3)c2c1. The largest absolute Gasteiger partial charge is 0.508 e. The second-order valence-corrected chi connectivity index (χ2v) is 5.11. The smallest absolute Gasteiger partial charge is 0.414 e. The number of nitrogens with one attached hydrogen (secondary N) is 2. The minimum absolute atomic E-state index is 0.349. The Kier molecular flexibility index (Phi) is 5.00. The molecule has 3 rings (SSSR count). The molecule has 0 amide bonds. The molecule has 5 N–H and O–H groups in total. The van der Waals surface area contributed by atoms with Gasteiger partial charge in [-0.2, -0.15) is 0 Å². The Labute approximate surface area is 126 Å². The number of hydrogen-bond acceptors (Lipinski definition) is 4. The Morgan fingerprint density at radius 3 is 2.32 bits per heavy atom. The van der Waals surface area contributed by atoms with Crippen molar-refractivity contribution < 1.29 is 24.9 Å². The number of carbonyl (C=O) groups is 2. The van der Waals surface area contributed by atoms with Gasteiger partial charge in [-0.05, 0) is 55.6 Å². The summed E-state index contributed by atoms with van der Waals surface area (Å²) in [7, 11) is 0. The number of phenols is 1. The molecule has 7 heteroatoms. The number of benzene rings is 1. The number of aliphatic carboxylic acids is 2. The first kappa shape index (κ1) is 15.8. The molecule has 0 spiro atoms. The van der Waals surface area contributed by atoms with Crippen LogP contribution in [0.25, 0.3) is 10.9 Å². The topological polar surface area (TPSA) is 123 Å². The average molecular weight is 306 g/mol. The van der Waals surface area contributed by atoms with E-state index in [1.807, 2.05) is 12.1 Å². The normalized spacial score (nSPS) is 15.1. The summed E-state index contributed by atoms with van der Waals surface area (Å²) in [6.45, 7) is 2.19. The fourth-order valence-electron chi connectivity index (χ4n) is 2.60. The molecule has 7 nitrogen and oxygen atoms in total. The van der Waals surface area contributed by atoms with Gasteiger partial charge in [-0.25, -0.2) is 9.59 Å². The third kappa shape index (κ3) is 3.76. The molecule has 118 valence electrons. The van der Waals surface area contributed by atoms with Crippen LogP contribution in [-0.2, 0) is 9.59 Å². The summed E-state index contributed by atoms with van der Waals surface area (Å²) in [6.07, 6.45) is 4.46. The van der Waals surface area contributed by atoms with Crippen LogP contribution in [0.1, 0.15) is 24.3 Å². The number of aromatic nitrogens is 1. The lowest BCUT2D eigenvalue weighted by Gasteiger charge is -2.22. The summed E-state index contributed by atoms with van der Waals surface area (Å²) < 4.78 is 0. The van der Waals surface area contributed by atoms with Crippen LogP contribution in [0, 0.1) is 0 Å². The van der Waals surface area contributed by atoms with Crippen LogP contribution < -0.4 is 5.32 Å². The number of piperidine rings is 1. The van der Waals surface area contributed by atoms with Crippen LogP contribution in [0.2, 0.25) is 0 Å². The Morgan fingerprint density at radius 1 is 1.09 bits per heavy atom. The Bertz CT molecular complexity index is 662. The highest BCUT2D eigenvalue weighted by Crippen LogP contribution is 2.32. The minimum atomic E-state index is -1.82. The maximum Gasteiger partial charge on any atom is 0.414 e. The molecule has 0 saturated carbocycles. The number of aromatic amines is 1. The molecule has 1 fully saturated rings. The predicted molar refractivity (Wildman–Crippen MR) is 80.1 cm³/mol. The van der Waals surface area contributed by atoms with Gasteiger partial charge in [0, 0.05) is 17.1 Å². The molecule has 2 aromatic rings. The van der Waals surface area contributed by atoms with Crippen molar-refractivity contribution in [2.24, 2.45) is 0 Å². The first-order valence-corrected chi connectivity index (χ1v) is 6.96. The third-order valence-electron chi connectivity index (χ3n) is 3.66. The third-order valence-corrected chi connectivity index (χ3v) is 3.66. The highest BCUT2D eigenvalue weighted by molar-refractivity contribution is 6.27. The standard InChI is InChI=1S/C13H16N2O.C2H2O4/c16-10-1-2-13-11(7-10)12(8-15-13)9-3-5-14-6-4-9;3-1(4)2(5)6/h1-2,7-9,14-16H,3-6H2;(H,3,4)(H,5,6). The number of hydrogen-bond donors (Lipinski definition) is 5. The number of rotatable bonds is 1. The molecule has 0 atom stereocenters. The lowest BCUT2D eigenvalue weighted by molar-refractivity contribution is -0.159. The molecule has 1 aliphatic rings. The number of H-pyrrole nitrogens is 1. The average Bonchev–Trinajstić information content (AvgIpc) is 2.91. The monoisotopic (exact) mass is 306 g/mol. The molecular weight excluding hydrogens is 288 g/mol. The van der Waals surface area contributed by atoms with E-state index in [0.717, 1.165) is 18.6 Å². The van der Waals surface area contributed by atoms with Crippen molar-refractivity contribution in [2.45, 2.75) is 18.8 Å². The highest BCUT2D eigenvalue weighted by atomic mass is 16.4. The molecule has 0 aliphatic carbocycles. The van der Waals surface area contributed by atoms with Gasteiger partial charge in [0.05, 0.1) is 0 Å². The zero-order valence-corrected chi connectivity index (χ0v) is 11.9. The van der Waals surface area contributed by atoms with Crippen molar-refractivity contribution >= 4 is 22.8 Å². The van der Waals surface area contributed by atoms with E-state index in [9.17, 15) is 5.11 Å². The maximum atomic E-state index is 9.55. The second kappa shape index (κ2) is 6.95. The summed E-state index contributed by atoms with van der Waals surface area (Å²) in [5, 5.41) is 28.9. The fraction of sp³-hybridized carbons (Fsp3) is 0.333. The van der Waals surface area contributed by atoms with Crippen LogP contribution in [0.4, 0.5) is 0 Å². The summed E-state index contributed by atoms with van der Waals surface area (Å²) in [5.41, 5.74) is 2.47. The molecule has 0 radical (unpaired) electrons. The van der Waals surface area contributed by atoms with Crippen molar-refractivity contribution in [3.8, 4) is 5.75 Å². The van der Waals surface area contributed by atoms with Gasteiger partial charge in [0.1, 0.15) is 5.75 Å². The van der Waals surface area contributed by atoms with Gasteiger partial charge in [-0.15, -0.1) is 0 Å². The van der Waals surface area contributed by atoms with Gasteiger partial charge < -0.3 is 25.6 Å². The van der Waals surface area contributed by atoms with Crippen molar-refractivity contribution in [1.82, 2.24) is 10.3 Å². The van der Waals surface area contributed by atoms with Gasteiger partial charge in [0.2, 0.25) is 0 Å². The van der Waals surface area contributed by atoms with Crippen molar-refractivity contribution in [3.05, 3.63) is 30.0 Å². The van der Waals surface area contributed by atoms with Crippen molar-refractivity contribution in [2.75, 3.05) is 13.1 Å². The number of aromatic hydroxyl groups is 1. The van der Waals surface area contributed by atoms with E-state index in [0.29, 0.717) is 11.7 Å². The van der Waals surface area contributed by atoms with E-state index in [4.69, 9.17) is 19.8 Å².